The number of amides is 2. The summed E-state index contributed by atoms with van der Waals surface area (Å²) in [5.74, 6) is 0.974. The van der Waals surface area contributed by atoms with E-state index in [2.05, 4.69) is 5.32 Å². The molecule has 2 aliphatic rings. The molecule has 28 heavy (non-hydrogen) atoms. The van der Waals surface area contributed by atoms with Gasteiger partial charge in [0.2, 0.25) is 5.91 Å². The Labute approximate surface area is 165 Å². The van der Waals surface area contributed by atoms with Gasteiger partial charge in [0, 0.05) is 38.0 Å². The third-order valence-corrected chi connectivity index (χ3v) is 5.87. The van der Waals surface area contributed by atoms with Gasteiger partial charge in [0.15, 0.2) is 5.76 Å². The van der Waals surface area contributed by atoms with E-state index < -0.39 is 0 Å². The number of carbonyl (C=O) groups is 2. The highest BCUT2D eigenvalue weighted by atomic mass is 16.5. The topological polar surface area (TPSA) is 71.8 Å². The smallest absolute Gasteiger partial charge is 0.289 e. The molecule has 2 fully saturated rings. The van der Waals surface area contributed by atoms with Gasteiger partial charge in [0.05, 0.1) is 6.10 Å². The van der Waals surface area contributed by atoms with Crippen LogP contribution in [0.2, 0.25) is 0 Å². The molecular formula is C22H28N2O4. The van der Waals surface area contributed by atoms with Crippen molar-refractivity contribution in [2.75, 3.05) is 26.2 Å². The maximum atomic E-state index is 12.7. The minimum absolute atomic E-state index is 0.0380. The molecule has 2 amide bonds. The SMILES string of the molecule is O=C(CCC1CCN(C(=O)c2cc3ccccc3o2)CC1)NC[C@@H]1CCCO1. The molecule has 4 rings (SSSR count). The lowest BCUT2D eigenvalue weighted by atomic mass is 9.92. The summed E-state index contributed by atoms with van der Waals surface area (Å²) in [6.07, 6.45) is 5.62. The Balaban J connectivity index is 1.19. The summed E-state index contributed by atoms with van der Waals surface area (Å²) in [4.78, 5) is 26.6. The summed E-state index contributed by atoms with van der Waals surface area (Å²) in [5, 5.41) is 3.94. The number of benzene rings is 1. The van der Waals surface area contributed by atoms with Crippen molar-refractivity contribution < 1.29 is 18.7 Å². The van der Waals surface area contributed by atoms with Gasteiger partial charge in [-0.3, -0.25) is 9.59 Å². The number of para-hydroxylation sites is 1. The average molecular weight is 384 g/mol. The molecule has 0 saturated carbocycles. The molecule has 2 aromatic rings. The first-order valence-electron chi connectivity index (χ1n) is 10.3. The average Bonchev–Trinajstić information content (AvgIpc) is 3.40. The quantitative estimate of drug-likeness (QED) is 0.829. The van der Waals surface area contributed by atoms with Crippen LogP contribution in [0.3, 0.4) is 0 Å². The van der Waals surface area contributed by atoms with E-state index in [1.54, 1.807) is 0 Å². The predicted octanol–water partition coefficient (Wildman–Crippen LogP) is 3.36. The van der Waals surface area contributed by atoms with E-state index in [1.807, 2.05) is 35.2 Å². The number of hydrogen-bond donors (Lipinski definition) is 1. The summed E-state index contributed by atoms with van der Waals surface area (Å²) < 4.78 is 11.2. The zero-order chi connectivity index (χ0) is 19.3. The maximum absolute atomic E-state index is 12.7. The van der Waals surface area contributed by atoms with Crippen molar-refractivity contribution >= 4 is 22.8 Å². The summed E-state index contributed by atoms with van der Waals surface area (Å²) in [6.45, 7) is 2.88. The maximum Gasteiger partial charge on any atom is 0.289 e. The van der Waals surface area contributed by atoms with E-state index in [-0.39, 0.29) is 17.9 Å². The molecule has 1 N–H and O–H groups in total. The largest absolute Gasteiger partial charge is 0.451 e. The highest BCUT2D eigenvalue weighted by molar-refractivity contribution is 5.96. The molecule has 2 aliphatic heterocycles. The number of likely N-dealkylation sites (tertiary alicyclic amines) is 1. The lowest BCUT2D eigenvalue weighted by molar-refractivity contribution is -0.122. The Hall–Kier alpha value is -2.34. The molecule has 0 aliphatic carbocycles. The second-order valence-electron chi connectivity index (χ2n) is 7.86. The number of carbonyl (C=O) groups excluding carboxylic acids is 2. The van der Waals surface area contributed by atoms with Crippen LogP contribution in [0.5, 0.6) is 0 Å². The van der Waals surface area contributed by atoms with Gasteiger partial charge in [-0.25, -0.2) is 0 Å². The molecule has 6 heteroatoms. The van der Waals surface area contributed by atoms with Crippen molar-refractivity contribution in [3.63, 3.8) is 0 Å². The van der Waals surface area contributed by atoms with Crippen LogP contribution in [0.1, 0.15) is 49.1 Å². The first-order chi connectivity index (χ1) is 13.7. The number of ether oxygens (including phenoxy) is 1. The van der Waals surface area contributed by atoms with Crippen LogP contribution in [0.4, 0.5) is 0 Å². The Bertz CT molecular complexity index is 784. The minimum atomic E-state index is -0.0380. The first-order valence-corrected chi connectivity index (χ1v) is 10.3. The zero-order valence-corrected chi connectivity index (χ0v) is 16.2. The highest BCUT2D eigenvalue weighted by Crippen LogP contribution is 2.25. The van der Waals surface area contributed by atoms with E-state index >= 15 is 0 Å². The van der Waals surface area contributed by atoms with Crippen molar-refractivity contribution in [2.45, 2.75) is 44.6 Å². The van der Waals surface area contributed by atoms with Crippen LogP contribution in [-0.2, 0) is 9.53 Å². The van der Waals surface area contributed by atoms with E-state index in [9.17, 15) is 9.59 Å². The van der Waals surface area contributed by atoms with Crippen LogP contribution >= 0.6 is 0 Å². The highest BCUT2D eigenvalue weighted by Gasteiger charge is 2.26. The van der Waals surface area contributed by atoms with E-state index in [0.717, 1.165) is 62.8 Å². The number of nitrogens with zero attached hydrogens (tertiary/aromatic N) is 1. The van der Waals surface area contributed by atoms with Gasteiger partial charge in [-0.1, -0.05) is 18.2 Å². The fourth-order valence-corrected chi connectivity index (χ4v) is 4.12. The van der Waals surface area contributed by atoms with Crippen LogP contribution in [0, 0.1) is 5.92 Å². The van der Waals surface area contributed by atoms with Crippen molar-refractivity contribution in [3.05, 3.63) is 36.1 Å². The molecule has 3 heterocycles. The Morgan fingerprint density at radius 1 is 1.14 bits per heavy atom. The van der Waals surface area contributed by atoms with E-state index in [4.69, 9.17) is 9.15 Å². The lowest BCUT2D eigenvalue weighted by Gasteiger charge is -2.31. The van der Waals surface area contributed by atoms with Crippen molar-refractivity contribution in [1.82, 2.24) is 10.2 Å². The number of rotatable bonds is 6. The van der Waals surface area contributed by atoms with Gasteiger partial charge in [0.1, 0.15) is 5.58 Å². The van der Waals surface area contributed by atoms with Crippen LogP contribution in [-0.4, -0.2) is 49.1 Å². The lowest BCUT2D eigenvalue weighted by Crippen LogP contribution is -2.38. The summed E-state index contributed by atoms with van der Waals surface area (Å²) >= 11 is 0. The number of fused-ring (bicyclic) bond motifs is 1. The molecule has 150 valence electrons. The zero-order valence-electron chi connectivity index (χ0n) is 16.2. The second kappa shape index (κ2) is 8.78. The second-order valence-corrected chi connectivity index (χ2v) is 7.86. The summed E-state index contributed by atoms with van der Waals surface area (Å²) in [5.41, 5.74) is 0.745. The van der Waals surface area contributed by atoms with Crippen LogP contribution in [0.15, 0.2) is 34.7 Å². The Kier molecular flexibility index (Phi) is 5.95. The van der Waals surface area contributed by atoms with Crippen LogP contribution < -0.4 is 5.32 Å². The Morgan fingerprint density at radius 2 is 1.96 bits per heavy atom. The molecule has 6 nitrogen and oxygen atoms in total. The van der Waals surface area contributed by atoms with E-state index in [1.165, 1.54) is 0 Å². The normalized spacial score (nSPS) is 20.6. The standard InChI is InChI=1S/C22H28N2O4/c25-21(23-15-18-5-3-13-27-18)8-7-16-9-11-24(12-10-16)22(26)20-14-17-4-1-2-6-19(17)28-20/h1-2,4,6,14,16,18H,3,5,7-13,15H2,(H,23,25)/t18-/m0/s1. The van der Waals surface area contributed by atoms with Crippen molar-refractivity contribution in [1.29, 1.82) is 0 Å². The Morgan fingerprint density at radius 3 is 2.71 bits per heavy atom. The molecule has 0 radical (unpaired) electrons. The van der Waals surface area contributed by atoms with Crippen molar-refractivity contribution in [2.24, 2.45) is 5.92 Å². The minimum Gasteiger partial charge on any atom is -0.451 e. The fraction of sp³-hybridized carbons (Fsp3) is 0.545. The molecule has 0 unspecified atom stereocenters. The molecule has 0 bridgehead atoms. The number of piperidine rings is 1. The van der Waals surface area contributed by atoms with E-state index in [0.29, 0.717) is 24.6 Å². The van der Waals surface area contributed by atoms with Gasteiger partial charge in [-0.05, 0) is 50.2 Å². The van der Waals surface area contributed by atoms with Gasteiger partial charge < -0.3 is 19.4 Å². The van der Waals surface area contributed by atoms with Gasteiger partial charge in [-0.2, -0.15) is 0 Å². The molecule has 0 spiro atoms. The molecule has 1 atom stereocenters. The fourth-order valence-electron chi connectivity index (χ4n) is 4.12. The molecule has 1 aromatic heterocycles. The third-order valence-electron chi connectivity index (χ3n) is 5.87. The van der Waals surface area contributed by atoms with Crippen LogP contribution in [0.25, 0.3) is 11.0 Å². The third kappa shape index (κ3) is 4.55. The monoisotopic (exact) mass is 384 g/mol. The predicted molar refractivity (Wildman–Crippen MR) is 106 cm³/mol. The summed E-state index contributed by atoms with van der Waals surface area (Å²) in [6, 6.07) is 9.49. The molecule has 2 saturated heterocycles. The van der Waals surface area contributed by atoms with Gasteiger partial charge in [0.25, 0.3) is 5.91 Å². The first kappa shape index (κ1) is 19.0. The summed E-state index contributed by atoms with van der Waals surface area (Å²) in [7, 11) is 0. The number of furan rings is 1. The van der Waals surface area contributed by atoms with Gasteiger partial charge in [-0.15, -0.1) is 0 Å². The molecular weight excluding hydrogens is 356 g/mol. The number of nitrogens with one attached hydrogen (secondary N) is 1. The number of hydrogen-bond acceptors (Lipinski definition) is 4. The van der Waals surface area contributed by atoms with Gasteiger partial charge >= 0.3 is 0 Å². The van der Waals surface area contributed by atoms with Crippen molar-refractivity contribution in [3.8, 4) is 0 Å². The molecule has 1 aromatic carbocycles.